The molecule has 0 saturated heterocycles. The summed E-state index contributed by atoms with van der Waals surface area (Å²) in [5.74, 6) is 0.0801. The maximum absolute atomic E-state index is 11.8. The fraction of sp³-hybridized carbons (Fsp3) is 0.188. The smallest absolute Gasteiger partial charge is 0.220 e. The normalized spacial score (nSPS) is 10.8. The number of aromatic amines is 2. The van der Waals surface area contributed by atoms with Crippen molar-refractivity contribution in [3.05, 3.63) is 60.0 Å². The zero-order valence-electron chi connectivity index (χ0n) is 11.1. The molecule has 0 fully saturated rings. The number of hydrogen-bond acceptors (Lipinski definition) is 1. The Balaban J connectivity index is 1.55. The third kappa shape index (κ3) is 2.74. The summed E-state index contributed by atoms with van der Waals surface area (Å²) in [5, 5.41) is 4.13. The maximum Gasteiger partial charge on any atom is 0.220 e. The lowest BCUT2D eigenvalue weighted by atomic mass is 10.1. The number of para-hydroxylation sites is 1. The Morgan fingerprint density at radius 2 is 2.05 bits per heavy atom. The highest BCUT2D eigenvalue weighted by Crippen LogP contribution is 2.18. The van der Waals surface area contributed by atoms with Crippen molar-refractivity contribution in [3.8, 4) is 0 Å². The molecule has 2 heterocycles. The molecule has 4 heteroatoms. The Labute approximate surface area is 117 Å². The predicted molar refractivity (Wildman–Crippen MR) is 79.3 cm³/mol. The van der Waals surface area contributed by atoms with Gasteiger partial charge in [0, 0.05) is 42.5 Å². The van der Waals surface area contributed by atoms with E-state index in [9.17, 15) is 4.79 Å². The Hall–Kier alpha value is -2.49. The maximum atomic E-state index is 11.8. The lowest BCUT2D eigenvalue weighted by Crippen LogP contribution is -2.22. The minimum absolute atomic E-state index is 0.0801. The first kappa shape index (κ1) is 12.5. The van der Waals surface area contributed by atoms with E-state index in [2.05, 4.69) is 21.4 Å². The van der Waals surface area contributed by atoms with Crippen LogP contribution in [-0.4, -0.2) is 15.9 Å². The Morgan fingerprint density at radius 1 is 1.15 bits per heavy atom. The molecular formula is C16H17N3O. The number of nitrogens with one attached hydrogen (secondary N) is 3. The highest BCUT2D eigenvalue weighted by Gasteiger charge is 2.06. The van der Waals surface area contributed by atoms with Crippen molar-refractivity contribution in [1.82, 2.24) is 15.3 Å². The van der Waals surface area contributed by atoms with E-state index in [-0.39, 0.29) is 5.91 Å². The quantitative estimate of drug-likeness (QED) is 0.654. The van der Waals surface area contributed by atoms with E-state index in [1.54, 1.807) is 0 Å². The van der Waals surface area contributed by atoms with Gasteiger partial charge in [-0.3, -0.25) is 4.79 Å². The van der Waals surface area contributed by atoms with E-state index < -0.39 is 0 Å². The monoisotopic (exact) mass is 267 g/mol. The van der Waals surface area contributed by atoms with Gasteiger partial charge in [0.1, 0.15) is 0 Å². The average Bonchev–Trinajstić information content (AvgIpc) is 3.12. The second kappa shape index (κ2) is 5.65. The van der Waals surface area contributed by atoms with Gasteiger partial charge in [-0.15, -0.1) is 0 Å². The Kier molecular flexibility index (Phi) is 3.54. The highest BCUT2D eigenvalue weighted by atomic mass is 16.1. The van der Waals surface area contributed by atoms with Gasteiger partial charge in [0.2, 0.25) is 5.91 Å². The minimum atomic E-state index is 0.0801. The summed E-state index contributed by atoms with van der Waals surface area (Å²) >= 11 is 0. The van der Waals surface area contributed by atoms with Crippen LogP contribution in [0.15, 0.2) is 48.9 Å². The molecule has 0 saturated carbocycles. The summed E-state index contributed by atoms with van der Waals surface area (Å²) in [5.41, 5.74) is 3.40. The number of hydrogen-bond donors (Lipinski definition) is 3. The van der Waals surface area contributed by atoms with Gasteiger partial charge < -0.3 is 15.3 Å². The van der Waals surface area contributed by atoms with Gasteiger partial charge in [-0.1, -0.05) is 18.2 Å². The minimum Gasteiger partial charge on any atom is -0.367 e. The molecule has 20 heavy (non-hydrogen) atoms. The molecule has 0 aliphatic heterocycles. The second-order valence-corrected chi connectivity index (χ2v) is 4.86. The molecule has 3 aromatic rings. The molecule has 0 atom stereocenters. The molecule has 0 bridgehead atoms. The fourth-order valence-corrected chi connectivity index (χ4v) is 2.34. The molecule has 0 spiro atoms. The summed E-state index contributed by atoms with van der Waals surface area (Å²) in [6, 6.07) is 10.1. The molecule has 102 valence electrons. The number of H-pyrrole nitrogens is 2. The van der Waals surface area contributed by atoms with Crippen LogP contribution in [0.2, 0.25) is 0 Å². The van der Waals surface area contributed by atoms with Crippen molar-refractivity contribution in [2.45, 2.75) is 19.4 Å². The largest absolute Gasteiger partial charge is 0.367 e. The number of amides is 1. The fourth-order valence-electron chi connectivity index (χ4n) is 2.34. The number of carbonyl (C=O) groups is 1. The van der Waals surface area contributed by atoms with Crippen LogP contribution in [0.5, 0.6) is 0 Å². The van der Waals surface area contributed by atoms with Crippen LogP contribution in [0, 0.1) is 0 Å². The van der Waals surface area contributed by atoms with E-state index in [0.717, 1.165) is 17.5 Å². The van der Waals surface area contributed by atoms with Crippen molar-refractivity contribution >= 4 is 16.8 Å². The average molecular weight is 267 g/mol. The van der Waals surface area contributed by atoms with E-state index >= 15 is 0 Å². The first-order chi connectivity index (χ1) is 9.83. The number of rotatable bonds is 5. The molecule has 1 amide bonds. The van der Waals surface area contributed by atoms with E-state index in [1.165, 1.54) is 10.9 Å². The zero-order chi connectivity index (χ0) is 13.8. The number of aryl methyl sites for hydroxylation is 1. The molecule has 0 aliphatic carbocycles. The first-order valence-electron chi connectivity index (χ1n) is 6.76. The number of aromatic nitrogens is 2. The third-order valence-corrected chi connectivity index (χ3v) is 3.45. The molecule has 4 nitrogen and oxygen atoms in total. The van der Waals surface area contributed by atoms with Gasteiger partial charge >= 0.3 is 0 Å². The van der Waals surface area contributed by atoms with Gasteiger partial charge in [0.25, 0.3) is 0 Å². The Bertz CT molecular complexity index is 697. The van der Waals surface area contributed by atoms with Crippen molar-refractivity contribution in [1.29, 1.82) is 0 Å². The third-order valence-electron chi connectivity index (χ3n) is 3.45. The standard InChI is InChI=1S/C16H17N3O/c20-16(19-10-12-7-8-17-9-12)6-5-13-11-18-15-4-2-1-3-14(13)15/h1-4,7-9,11,17-18H,5-6,10H2,(H,19,20). The number of carbonyl (C=O) groups excluding carboxylic acids is 1. The zero-order valence-corrected chi connectivity index (χ0v) is 11.1. The van der Waals surface area contributed by atoms with Crippen molar-refractivity contribution in [2.24, 2.45) is 0 Å². The van der Waals surface area contributed by atoms with E-state index in [4.69, 9.17) is 0 Å². The Morgan fingerprint density at radius 3 is 2.90 bits per heavy atom. The van der Waals surface area contributed by atoms with Crippen LogP contribution >= 0.6 is 0 Å². The van der Waals surface area contributed by atoms with Gasteiger partial charge in [-0.25, -0.2) is 0 Å². The van der Waals surface area contributed by atoms with Gasteiger partial charge in [-0.2, -0.15) is 0 Å². The van der Waals surface area contributed by atoms with Gasteiger partial charge in [-0.05, 0) is 29.7 Å². The molecule has 3 N–H and O–H groups in total. The summed E-state index contributed by atoms with van der Waals surface area (Å²) < 4.78 is 0. The highest BCUT2D eigenvalue weighted by molar-refractivity contribution is 5.84. The molecule has 0 unspecified atom stereocenters. The predicted octanol–water partition coefficient (Wildman–Crippen LogP) is 2.75. The SMILES string of the molecule is O=C(CCc1c[nH]c2ccccc12)NCc1cc[nH]c1. The number of benzene rings is 1. The van der Waals surface area contributed by atoms with Crippen LogP contribution in [-0.2, 0) is 17.8 Å². The van der Waals surface area contributed by atoms with Gasteiger partial charge in [0.05, 0.1) is 0 Å². The molecule has 3 rings (SSSR count). The summed E-state index contributed by atoms with van der Waals surface area (Å²) in [6.07, 6.45) is 6.99. The van der Waals surface area contributed by atoms with E-state index in [1.807, 2.05) is 42.9 Å². The second-order valence-electron chi connectivity index (χ2n) is 4.86. The van der Waals surface area contributed by atoms with Crippen molar-refractivity contribution in [3.63, 3.8) is 0 Å². The van der Waals surface area contributed by atoms with E-state index in [0.29, 0.717) is 13.0 Å². The van der Waals surface area contributed by atoms with Crippen molar-refractivity contribution in [2.75, 3.05) is 0 Å². The lowest BCUT2D eigenvalue weighted by molar-refractivity contribution is -0.121. The van der Waals surface area contributed by atoms with Crippen LogP contribution in [0.1, 0.15) is 17.5 Å². The summed E-state index contributed by atoms with van der Waals surface area (Å²) in [7, 11) is 0. The van der Waals surface area contributed by atoms with Crippen LogP contribution in [0.3, 0.4) is 0 Å². The summed E-state index contributed by atoms with van der Waals surface area (Å²) in [4.78, 5) is 18.0. The first-order valence-corrected chi connectivity index (χ1v) is 6.76. The lowest BCUT2D eigenvalue weighted by Gasteiger charge is -2.03. The molecule has 1 aromatic carbocycles. The topological polar surface area (TPSA) is 60.7 Å². The molecule has 0 radical (unpaired) electrons. The molecule has 0 aliphatic rings. The van der Waals surface area contributed by atoms with Gasteiger partial charge in [0.15, 0.2) is 0 Å². The van der Waals surface area contributed by atoms with Crippen LogP contribution in [0.4, 0.5) is 0 Å². The molecule has 2 aromatic heterocycles. The molecular weight excluding hydrogens is 250 g/mol. The van der Waals surface area contributed by atoms with Crippen LogP contribution < -0.4 is 5.32 Å². The number of fused-ring (bicyclic) bond motifs is 1. The summed E-state index contributed by atoms with van der Waals surface area (Å²) in [6.45, 7) is 0.580. The van der Waals surface area contributed by atoms with Crippen molar-refractivity contribution < 1.29 is 4.79 Å². The van der Waals surface area contributed by atoms with Crippen LogP contribution in [0.25, 0.3) is 10.9 Å².